The first-order valence-corrected chi connectivity index (χ1v) is 7.82. The van der Waals surface area contributed by atoms with Gasteiger partial charge in [0.1, 0.15) is 0 Å². The summed E-state index contributed by atoms with van der Waals surface area (Å²) in [6.07, 6.45) is 7.63. The molecule has 1 aromatic rings. The van der Waals surface area contributed by atoms with Crippen molar-refractivity contribution in [3.8, 4) is 11.5 Å². The van der Waals surface area contributed by atoms with Gasteiger partial charge in [-0.2, -0.15) is 0 Å². The number of ether oxygens (including phenoxy) is 2. The van der Waals surface area contributed by atoms with E-state index in [1.807, 2.05) is 24.3 Å². The van der Waals surface area contributed by atoms with Crippen molar-refractivity contribution in [1.29, 1.82) is 0 Å². The van der Waals surface area contributed by atoms with Gasteiger partial charge in [0.15, 0.2) is 11.5 Å². The molecule has 0 atom stereocenters. The van der Waals surface area contributed by atoms with Crippen molar-refractivity contribution in [2.75, 3.05) is 19.0 Å². The summed E-state index contributed by atoms with van der Waals surface area (Å²) in [4.78, 5) is 0. The van der Waals surface area contributed by atoms with Crippen molar-refractivity contribution in [1.82, 2.24) is 0 Å². The summed E-state index contributed by atoms with van der Waals surface area (Å²) in [7, 11) is 1.67. The van der Waals surface area contributed by atoms with E-state index in [2.05, 4.69) is 15.9 Å². The molecule has 0 aromatic heterocycles. The number of unbranched alkanes of at least 4 members (excludes halogenated alkanes) is 5. The fraction of sp³-hybridized carbons (Fsp3) is 0.600. The average molecular weight is 315 g/mol. The van der Waals surface area contributed by atoms with Gasteiger partial charge >= 0.3 is 0 Å². The molecule has 1 aromatic carbocycles. The van der Waals surface area contributed by atoms with Crippen molar-refractivity contribution in [2.24, 2.45) is 0 Å². The number of rotatable bonds is 10. The fourth-order valence-electron chi connectivity index (χ4n) is 1.82. The molecule has 0 unspecified atom stereocenters. The lowest BCUT2D eigenvalue weighted by Crippen LogP contribution is -1.99. The van der Waals surface area contributed by atoms with Crippen molar-refractivity contribution in [2.45, 2.75) is 38.5 Å². The topological polar surface area (TPSA) is 18.5 Å². The van der Waals surface area contributed by atoms with E-state index in [9.17, 15) is 0 Å². The Hall–Kier alpha value is -0.700. The van der Waals surface area contributed by atoms with Crippen LogP contribution < -0.4 is 9.47 Å². The Morgan fingerprint density at radius 1 is 0.889 bits per heavy atom. The molecule has 18 heavy (non-hydrogen) atoms. The van der Waals surface area contributed by atoms with E-state index >= 15 is 0 Å². The molecular formula is C15H23BrO2. The Morgan fingerprint density at radius 2 is 1.50 bits per heavy atom. The number of hydrogen-bond acceptors (Lipinski definition) is 2. The number of halogens is 1. The highest BCUT2D eigenvalue weighted by atomic mass is 79.9. The minimum atomic E-state index is 0.777. The van der Waals surface area contributed by atoms with Crippen LogP contribution in [0.2, 0.25) is 0 Å². The van der Waals surface area contributed by atoms with Gasteiger partial charge in [0.05, 0.1) is 13.7 Å². The van der Waals surface area contributed by atoms with Crippen molar-refractivity contribution >= 4 is 15.9 Å². The maximum atomic E-state index is 5.72. The first kappa shape index (κ1) is 15.4. The molecular weight excluding hydrogens is 292 g/mol. The monoisotopic (exact) mass is 314 g/mol. The molecule has 2 nitrogen and oxygen atoms in total. The lowest BCUT2D eigenvalue weighted by molar-refractivity contribution is 0.284. The minimum absolute atomic E-state index is 0.777. The predicted molar refractivity (Wildman–Crippen MR) is 80.0 cm³/mol. The van der Waals surface area contributed by atoms with Crippen LogP contribution in [0.25, 0.3) is 0 Å². The zero-order valence-corrected chi connectivity index (χ0v) is 12.7. The van der Waals surface area contributed by atoms with E-state index in [4.69, 9.17) is 9.47 Å². The zero-order chi connectivity index (χ0) is 13.1. The molecule has 0 saturated carbocycles. The van der Waals surface area contributed by atoms with Crippen molar-refractivity contribution in [3.63, 3.8) is 0 Å². The molecule has 0 bridgehead atoms. The smallest absolute Gasteiger partial charge is 0.161 e. The van der Waals surface area contributed by atoms with E-state index in [0.717, 1.165) is 29.9 Å². The lowest BCUT2D eigenvalue weighted by Gasteiger charge is -2.09. The number of methoxy groups -OCH3 is 1. The Labute approximate surface area is 119 Å². The van der Waals surface area contributed by atoms with Crippen LogP contribution in [0.15, 0.2) is 24.3 Å². The third kappa shape index (κ3) is 6.29. The van der Waals surface area contributed by atoms with Gasteiger partial charge in [-0.25, -0.2) is 0 Å². The summed E-state index contributed by atoms with van der Waals surface area (Å²) >= 11 is 3.45. The number of alkyl halides is 1. The Morgan fingerprint density at radius 3 is 2.17 bits per heavy atom. The first-order chi connectivity index (χ1) is 8.88. The second kappa shape index (κ2) is 10.2. The van der Waals surface area contributed by atoms with Gasteiger partial charge < -0.3 is 9.47 Å². The van der Waals surface area contributed by atoms with E-state index in [1.165, 1.54) is 32.1 Å². The molecule has 0 heterocycles. The molecule has 0 aliphatic rings. The molecule has 0 aliphatic heterocycles. The summed E-state index contributed by atoms with van der Waals surface area (Å²) < 4.78 is 11.0. The molecule has 0 spiro atoms. The third-order valence-corrected chi connectivity index (χ3v) is 3.42. The van der Waals surface area contributed by atoms with Gasteiger partial charge in [-0.15, -0.1) is 0 Å². The van der Waals surface area contributed by atoms with Crippen LogP contribution in [0.5, 0.6) is 11.5 Å². The quantitative estimate of drug-likeness (QED) is 0.456. The SMILES string of the molecule is COc1ccccc1OCCCCCCCCBr. The van der Waals surface area contributed by atoms with Crippen LogP contribution in [-0.2, 0) is 0 Å². The molecule has 0 saturated heterocycles. The summed E-state index contributed by atoms with van der Waals surface area (Å²) in [6, 6.07) is 7.80. The highest BCUT2D eigenvalue weighted by molar-refractivity contribution is 9.09. The molecule has 0 radical (unpaired) electrons. The lowest BCUT2D eigenvalue weighted by atomic mass is 10.1. The molecule has 0 fully saturated rings. The molecule has 0 N–H and O–H groups in total. The van der Waals surface area contributed by atoms with Gasteiger partial charge in [0.2, 0.25) is 0 Å². The summed E-state index contributed by atoms with van der Waals surface area (Å²) in [6.45, 7) is 0.777. The highest BCUT2D eigenvalue weighted by Crippen LogP contribution is 2.25. The van der Waals surface area contributed by atoms with Crippen molar-refractivity contribution in [3.05, 3.63) is 24.3 Å². The average Bonchev–Trinajstić information content (AvgIpc) is 2.42. The number of hydrogen-bond donors (Lipinski definition) is 0. The first-order valence-electron chi connectivity index (χ1n) is 6.70. The van der Waals surface area contributed by atoms with Gasteiger partial charge in [-0.1, -0.05) is 53.7 Å². The summed E-state index contributed by atoms with van der Waals surface area (Å²) in [5.41, 5.74) is 0. The van der Waals surface area contributed by atoms with E-state index in [0.29, 0.717) is 0 Å². The van der Waals surface area contributed by atoms with Crippen LogP contribution in [-0.4, -0.2) is 19.0 Å². The predicted octanol–water partition coefficient (Wildman–Crippen LogP) is 4.81. The van der Waals surface area contributed by atoms with E-state index in [-0.39, 0.29) is 0 Å². The van der Waals surface area contributed by atoms with Crippen LogP contribution in [0.1, 0.15) is 38.5 Å². The summed E-state index contributed by atoms with van der Waals surface area (Å²) in [5.74, 6) is 1.66. The Bertz CT molecular complexity index is 315. The normalized spacial score (nSPS) is 10.3. The Balaban J connectivity index is 2.07. The molecule has 102 valence electrons. The van der Waals surface area contributed by atoms with E-state index < -0.39 is 0 Å². The van der Waals surface area contributed by atoms with E-state index in [1.54, 1.807) is 7.11 Å². The minimum Gasteiger partial charge on any atom is -0.493 e. The van der Waals surface area contributed by atoms with Gasteiger partial charge in [0.25, 0.3) is 0 Å². The van der Waals surface area contributed by atoms with Gasteiger partial charge in [-0.05, 0) is 25.0 Å². The molecule has 0 aliphatic carbocycles. The highest BCUT2D eigenvalue weighted by Gasteiger charge is 2.01. The van der Waals surface area contributed by atoms with Crippen LogP contribution in [0, 0.1) is 0 Å². The molecule has 1 rings (SSSR count). The van der Waals surface area contributed by atoms with Crippen LogP contribution in [0.3, 0.4) is 0 Å². The largest absolute Gasteiger partial charge is 0.493 e. The maximum Gasteiger partial charge on any atom is 0.161 e. The third-order valence-electron chi connectivity index (χ3n) is 2.85. The number of para-hydroxylation sites is 2. The van der Waals surface area contributed by atoms with Crippen molar-refractivity contribution < 1.29 is 9.47 Å². The molecule has 0 amide bonds. The number of benzene rings is 1. The van der Waals surface area contributed by atoms with Crippen LogP contribution >= 0.6 is 15.9 Å². The molecule has 3 heteroatoms. The Kier molecular flexibility index (Phi) is 8.74. The van der Waals surface area contributed by atoms with Gasteiger partial charge in [-0.3, -0.25) is 0 Å². The summed E-state index contributed by atoms with van der Waals surface area (Å²) in [5, 5.41) is 1.13. The zero-order valence-electron chi connectivity index (χ0n) is 11.2. The van der Waals surface area contributed by atoms with Gasteiger partial charge in [0, 0.05) is 5.33 Å². The second-order valence-corrected chi connectivity index (χ2v) is 5.10. The second-order valence-electron chi connectivity index (χ2n) is 4.31. The maximum absolute atomic E-state index is 5.72. The van der Waals surface area contributed by atoms with Crippen LogP contribution in [0.4, 0.5) is 0 Å². The standard InChI is InChI=1S/C15H23BrO2/c1-17-14-10-6-7-11-15(14)18-13-9-5-3-2-4-8-12-16/h6-7,10-11H,2-5,8-9,12-13H2,1H3. The fourth-order valence-corrected chi connectivity index (χ4v) is 2.22.